The number of nitrogens with zero attached hydrogens (tertiary/aromatic N) is 1. The normalized spacial score (nSPS) is 11.0. The highest BCUT2D eigenvalue weighted by Crippen LogP contribution is 2.25. The van der Waals surface area contributed by atoms with Crippen LogP contribution in [0, 0.1) is 12.7 Å². The van der Waals surface area contributed by atoms with E-state index in [1.54, 1.807) is 43.3 Å². The standard InChI is InChI=1S/C23H21FN2O5S/c1-16-20(23(28)31-2)9-6-10-21(16)25-22(27)15-26(18-13-11-17(24)12-14-18)32(29,30)19-7-4-3-5-8-19/h3-14H,15H2,1-2H3,(H,25,27). The predicted octanol–water partition coefficient (Wildman–Crippen LogP) is 3.75. The third kappa shape index (κ3) is 4.94. The van der Waals surface area contributed by atoms with E-state index in [1.807, 2.05) is 0 Å². The average molecular weight is 456 g/mol. The zero-order valence-electron chi connectivity index (χ0n) is 17.4. The first-order valence-electron chi connectivity index (χ1n) is 9.55. The van der Waals surface area contributed by atoms with Crippen LogP contribution in [0.25, 0.3) is 0 Å². The number of nitrogens with one attached hydrogen (secondary N) is 1. The Morgan fingerprint density at radius 1 is 0.969 bits per heavy atom. The molecule has 0 aliphatic heterocycles. The molecule has 166 valence electrons. The minimum atomic E-state index is -4.11. The molecule has 1 N–H and O–H groups in total. The quantitative estimate of drug-likeness (QED) is 0.547. The van der Waals surface area contributed by atoms with Gasteiger partial charge in [-0.25, -0.2) is 17.6 Å². The van der Waals surface area contributed by atoms with E-state index in [9.17, 15) is 22.4 Å². The Morgan fingerprint density at radius 3 is 2.25 bits per heavy atom. The molecule has 9 heteroatoms. The monoisotopic (exact) mass is 456 g/mol. The number of benzene rings is 3. The maximum absolute atomic E-state index is 13.4. The molecule has 0 fully saturated rings. The van der Waals surface area contributed by atoms with E-state index < -0.39 is 34.3 Å². The summed E-state index contributed by atoms with van der Waals surface area (Å²) in [5.74, 6) is -1.73. The van der Waals surface area contributed by atoms with Crippen LogP contribution in [-0.4, -0.2) is 33.9 Å². The summed E-state index contributed by atoms with van der Waals surface area (Å²) in [5.41, 5.74) is 1.23. The smallest absolute Gasteiger partial charge is 0.338 e. The van der Waals surface area contributed by atoms with Gasteiger partial charge in [-0.15, -0.1) is 0 Å². The molecule has 32 heavy (non-hydrogen) atoms. The number of carbonyl (C=O) groups excluding carboxylic acids is 2. The molecule has 0 saturated heterocycles. The zero-order chi connectivity index (χ0) is 23.3. The summed E-state index contributed by atoms with van der Waals surface area (Å²) in [6.07, 6.45) is 0. The predicted molar refractivity (Wildman–Crippen MR) is 119 cm³/mol. The van der Waals surface area contributed by atoms with Crippen molar-refractivity contribution in [1.29, 1.82) is 0 Å². The van der Waals surface area contributed by atoms with E-state index in [-0.39, 0.29) is 16.1 Å². The zero-order valence-corrected chi connectivity index (χ0v) is 18.2. The van der Waals surface area contributed by atoms with Crippen LogP contribution in [0.4, 0.5) is 15.8 Å². The number of methoxy groups -OCH3 is 1. The molecule has 7 nitrogen and oxygen atoms in total. The number of halogens is 1. The molecular formula is C23H21FN2O5S. The van der Waals surface area contributed by atoms with Gasteiger partial charge in [-0.2, -0.15) is 0 Å². The molecule has 0 bridgehead atoms. The van der Waals surface area contributed by atoms with Gasteiger partial charge in [-0.1, -0.05) is 24.3 Å². The number of hydrogen-bond acceptors (Lipinski definition) is 5. The van der Waals surface area contributed by atoms with Gasteiger partial charge < -0.3 is 10.1 Å². The highest BCUT2D eigenvalue weighted by atomic mass is 32.2. The molecule has 0 saturated carbocycles. The Labute approximate surface area is 185 Å². The third-order valence-corrected chi connectivity index (χ3v) is 6.53. The van der Waals surface area contributed by atoms with E-state index >= 15 is 0 Å². The number of amides is 1. The van der Waals surface area contributed by atoms with E-state index in [0.717, 1.165) is 16.4 Å². The number of esters is 1. The second-order valence-corrected chi connectivity index (χ2v) is 8.68. The van der Waals surface area contributed by atoms with Crippen molar-refractivity contribution in [2.45, 2.75) is 11.8 Å². The van der Waals surface area contributed by atoms with Gasteiger partial charge in [-0.05, 0) is 61.0 Å². The topological polar surface area (TPSA) is 92.8 Å². The van der Waals surface area contributed by atoms with E-state index in [2.05, 4.69) is 5.32 Å². The van der Waals surface area contributed by atoms with Crippen molar-refractivity contribution in [3.05, 3.63) is 89.7 Å². The Morgan fingerprint density at radius 2 is 1.62 bits per heavy atom. The minimum absolute atomic E-state index is 0.0130. The molecule has 0 spiro atoms. The second-order valence-electron chi connectivity index (χ2n) is 6.82. The fraction of sp³-hybridized carbons (Fsp3) is 0.130. The summed E-state index contributed by atoms with van der Waals surface area (Å²) in [7, 11) is -2.86. The lowest BCUT2D eigenvalue weighted by Crippen LogP contribution is -2.38. The Kier molecular flexibility index (Phi) is 6.89. The second kappa shape index (κ2) is 9.61. The van der Waals surface area contributed by atoms with Gasteiger partial charge in [-0.3, -0.25) is 9.10 Å². The van der Waals surface area contributed by atoms with Crippen molar-refractivity contribution in [3.8, 4) is 0 Å². The van der Waals surface area contributed by atoms with Crippen LogP contribution in [0.3, 0.4) is 0 Å². The van der Waals surface area contributed by atoms with E-state index in [1.165, 1.54) is 31.4 Å². The van der Waals surface area contributed by atoms with E-state index in [4.69, 9.17) is 4.74 Å². The minimum Gasteiger partial charge on any atom is -0.465 e. The van der Waals surface area contributed by atoms with Gasteiger partial charge in [0.25, 0.3) is 10.0 Å². The van der Waals surface area contributed by atoms with Crippen molar-refractivity contribution in [3.63, 3.8) is 0 Å². The first-order valence-corrected chi connectivity index (χ1v) is 11.0. The largest absolute Gasteiger partial charge is 0.465 e. The van der Waals surface area contributed by atoms with E-state index in [0.29, 0.717) is 11.3 Å². The molecule has 0 heterocycles. The molecule has 0 radical (unpaired) electrons. The fourth-order valence-corrected chi connectivity index (χ4v) is 4.51. The Bertz CT molecular complexity index is 1230. The molecule has 0 aliphatic carbocycles. The van der Waals surface area contributed by atoms with Crippen molar-refractivity contribution < 1.29 is 27.1 Å². The van der Waals surface area contributed by atoms with Crippen molar-refractivity contribution >= 4 is 33.3 Å². The lowest BCUT2D eigenvalue weighted by atomic mass is 10.1. The lowest BCUT2D eigenvalue weighted by Gasteiger charge is -2.24. The maximum Gasteiger partial charge on any atom is 0.338 e. The fourth-order valence-electron chi connectivity index (χ4n) is 3.06. The first kappa shape index (κ1) is 23.0. The van der Waals surface area contributed by atoms with Gasteiger partial charge in [0.05, 0.1) is 23.3 Å². The molecule has 0 unspecified atom stereocenters. The van der Waals surface area contributed by atoms with Gasteiger partial charge in [0.1, 0.15) is 12.4 Å². The number of hydrogen-bond donors (Lipinski definition) is 1. The Hall–Kier alpha value is -3.72. The summed E-state index contributed by atoms with van der Waals surface area (Å²) >= 11 is 0. The maximum atomic E-state index is 13.4. The molecule has 3 aromatic carbocycles. The van der Waals surface area contributed by atoms with Gasteiger partial charge in [0.15, 0.2) is 0 Å². The SMILES string of the molecule is COC(=O)c1cccc(NC(=O)CN(c2ccc(F)cc2)S(=O)(=O)c2ccccc2)c1C. The van der Waals surface area contributed by atoms with Crippen LogP contribution in [0.1, 0.15) is 15.9 Å². The van der Waals surface area contributed by atoms with Gasteiger partial charge >= 0.3 is 5.97 Å². The average Bonchev–Trinajstić information content (AvgIpc) is 2.79. The van der Waals surface area contributed by atoms with Crippen LogP contribution < -0.4 is 9.62 Å². The summed E-state index contributed by atoms with van der Waals surface area (Å²) in [4.78, 5) is 24.7. The summed E-state index contributed by atoms with van der Waals surface area (Å²) in [5, 5.41) is 2.64. The number of sulfonamides is 1. The van der Waals surface area contributed by atoms with Crippen LogP contribution in [0.2, 0.25) is 0 Å². The van der Waals surface area contributed by atoms with Crippen LogP contribution in [0.5, 0.6) is 0 Å². The molecule has 0 atom stereocenters. The van der Waals surface area contributed by atoms with Gasteiger partial charge in [0.2, 0.25) is 5.91 Å². The molecule has 1 amide bonds. The number of carbonyl (C=O) groups is 2. The number of anilines is 2. The number of rotatable bonds is 7. The third-order valence-electron chi connectivity index (χ3n) is 4.75. The van der Waals surface area contributed by atoms with Crippen molar-refractivity contribution in [2.75, 3.05) is 23.3 Å². The van der Waals surface area contributed by atoms with Gasteiger partial charge in [0, 0.05) is 5.69 Å². The molecule has 0 aromatic heterocycles. The van der Waals surface area contributed by atoms with Crippen LogP contribution in [0.15, 0.2) is 77.7 Å². The molecular weight excluding hydrogens is 435 g/mol. The first-order chi connectivity index (χ1) is 15.2. The Balaban J connectivity index is 1.93. The lowest BCUT2D eigenvalue weighted by molar-refractivity contribution is -0.114. The van der Waals surface area contributed by atoms with Crippen LogP contribution >= 0.6 is 0 Å². The van der Waals surface area contributed by atoms with Crippen LogP contribution in [-0.2, 0) is 19.6 Å². The summed E-state index contributed by atoms with van der Waals surface area (Å²) in [6.45, 7) is 1.07. The summed E-state index contributed by atoms with van der Waals surface area (Å²) in [6, 6.07) is 17.2. The molecule has 3 aromatic rings. The number of ether oxygens (including phenoxy) is 1. The van der Waals surface area contributed by atoms with Crippen molar-refractivity contribution in [2.24, 2.45) is 0 Å². The molecule has 0 aliphatic rings. The molecule has 3 rings (SSSR count). The summed E-state index contributed by atoms with van der Waals surface area (Å²) < 4.78 is 45.5. The highest BCUT2D eigenvalue weighted by molar-refractivity contribution is 7.92. The van der Waals surface area contributed by atoms with Crippen molar-refractivity contribution in [1.82, 2.24) is 0 Å². The highest BCUT2D eigenvalue weighted by Gasteiger charge is 2.27.